The normalized spacial score (nSPS) is 24.3. The van der Waals surface area contributed by atoms with Gasteiger partial charge in [0.25, 0.3) is 5.91 Å². The summed E-state index contributed by atoms with van der Waals surface area (Å²) in [6.45, 7) is 2.91. The van der Waals surface area contributed by atoms with E-state index in [0.29, 0.717) is 19.5 Å². The van der Waals surface area contributed by atoms with E-state index in [1.807, 2.05) is 11.9 Å². The van der Waals surface area contributed by atoms with Gasteiger partial charge in [0.1, 0.15) is 5.54 Å². The summed E-state index contributed by atoms with van der Waals surface area (Å²) in [5.74, 6) is -0.0624. The fraction of sp³-hybridized carbons (Fsp3) is 0.500. The Bertz CT molecular complexity index is 1020. The van der Waals surface area contributed by atoms with Crippen molar-refractivity contribution in [2.75, 3.05) is 31.1 Å². The molecule has 1 aromatic heterocycles. The van der Waals surface area contributed by atoms with Crippen LogP contribution in [0.4, 0.5) is 10.5 Å². The SMILES string of the molecule is Cn1ccc2cc(N3CCN(C(=O)CCC4(C5CC5)NC(=O)NC4=O)CC3)ccc21. The zero-order valence-electron chi connectivity index (χ0n) is 17.2. The van der Waals surface area contributed by atoms with Gasteiger partial charge in [-0.05, 0) is 49.4 Å². The van der Waals surface area contributed by atoms with Gasteiger partial charge in [-0.3, -0.25) is 14.9 Å². The predicted octanol–water partition coefficient (Wildman–Crippen LogP) is 1.60. The maximum atomic E-state index is 12.8. The topological polar surface area (TPSA) is 86.7 Å². The number of carbonyl (C=O) groups excluding carboxylic acids is 3. The van der Waals surface area contributed by atoms with Crippen molar-refractivity contribution >= 4 is 34.4 Å². The lowest BCUT2D eigenvalue weighted by Crippen LogP contribution is -2.51. The van der Waals surface area contributed by atoms with Gasteiger partial charge in [-0.1, -0.05) is 0 Å². The van der Waals surface area contributed by atoms with Crippen molar-refractivity contribution in [2.45, 2.75) is 31.2 Å². The fourth-order valence-electron chi connectivity index (χ4n) is 4.89. The summed E-state index contributed by atoms with van der Waals surface area (Å²) in [5.41, 5.74) is 1.50. The number of imide groups is 1. The van der Waals surface area contributed by atoms with Gasteiger partial charge in [0.2, 0.25) is 5.91 Å². The largest absolute Gasteiger partial charge is 0.368 e. The molecule has 2 aliphatic heterocycles. The Morgan fingerprint density at radius 3 is 2.57 bits per heavy atom. The molecule has 1 aromatic carbocycles. The third-order valence-electron chi connectivity index (χ3n) is 6.84. The number of carbonyl (C=O) groups is 3. The molecule has 1 unspecified atom stereocenters. The van der Waals surface area contributed by atoms with E-state index < -0.39 is 11.6 Å². The smallest absolute Gasteiger partial charge is 0.322 e. The number of hydrogen-bond acceptors (Lipinski definition) is 4. The molecule has 30 heavy (non-hydrogen) atoms. The van der Waals surface area contributed by atoms with Crippen LogP contribution in [-0.2, 0) is 16.6 Å². The first-order valence-corrected chi connectivity index (χ1v) is 10.7. The quantitative estimate of drug-likeness (QED) is 0.735. The maximum absolute atomic E-state index is 12.8. The van der Waals surface area contributed by atoms with E-state index >= 15 is 0 Å². The summed E-state index contributed by atoms with van der Waals surface area (Å²) in [6.07, 6.45) is 4.56. The van der Waals surface area contributed by atoms with Gasteiger partial charge < -0.3 is 19.7 Å². The lowest BCUT2D eigenvalue weighted by atomic mass is 9.87. The van der Waals surface area contributed by atoms with Crippen LogP contribution in [0.5, 0.6) is 0 Å². The molecule has 4 amide bonds. The molecule has 8 heteroatoms. The van der Waals surface area contributed by atoms with Crippen molar-refractivity contribution in [1.29, 1.82) is 0 Å². The number of amides is 4. The fourth-order valence-corrected chi connectivity index (χ4v) is 4.89. The molecule has 2 N–H and O–H groups in total. The molecule has 0 radical (unpaired) electrons. The van der Waals surface area contributed by atoms with Crippen LogP contribution in [0.3, 0.4) is 0 Å². The summed E-state index contributed by atoms with van der Waals surface area (Å²) >= 11 is 0. The van der Waals surface area contributed by atoms with Crippen LogP contribution >= 0.6 is 0 Å². The molecule has 1 aliphatic carbocycles. The van der Waals surface area contributed by atoms with Gasteiger partial charge >= 0.3 is 6.03 Å². The molecule has 0 spiro atoms. The summed E-state index contributed by atoms with van der Waals surface area (Å²) in [5, 5.41) is 6.37. The van der Waals surface area contributed by atoms with Crippen LogP contribution in [-0.4, -0.2) is 59.0 Å². The Hall–Kier alpha value is -3.03. The van der Waals surface area contributed by atoms with E-state index in [9.17, 15) is 14.4 Å². The van der Waals surface area contributed by atoms with E-state index in [4.69, 9.17) is 0 Å². The van der Waals surface area contributed by atoms with Gasteiger partial charge in [0.05, 0.1) is 0 Å². The van der Waals surface area contributed by atoms with E-state index in [-0.39, 0.29) is 24.2 Å². The molecule has 3 fully saturated rings. The van der Waals surface area contributed by atoms with Crippen LogP contribution < -0.4 is 15.5 Å². The lowest BCUT2D eigenvalue weighted by molar-refractivity contribution is -0.132. The van der Waals surface area contributed by atoms with E-state index in [0.717, 1.165) is 25.9 Å². The van der Waals surface area contributed by atoms with Crippen molar-refractivity contribution in [3.05, 3.63) is 30.5 Å². The minimum absolute atomic E-state index is 0.0575. The van der Waals surface area contributed by atoms with Crippen LogP contribution in [0.1, 0.15) is 25.7 Å². The Morgan fingerprint density at radius 2 is 1.90 bits per heavy atom. The van der Waals surface area contributed by atoms with E-state index in [2.05, 4.69) is 50.6 Å². The van der Waals surface area contributed by atoms with Gasteiger partial charge in [-0.2, -0.15) is 0 Å². The minimum Gasteiger partial charge on any atom is -0.368 e. The molecule has 3 aliphatic rings. The third kappa shape index (κ3) is 3.20. The molecule has 2 aromatic rings. The first-order chi connectivity index (χ1) is 14.5. The summed E-state index contributed by atoms with van der Waals surface area (Å²) in [7, 11) is 2.04. The first-order valence-electron chi connectivity index (χ1n) is 10.7. The Morgan fingerprint density at radius 1 is 1.13 bits per heavy atom. The molecule has 1 atom stereocenters. The third-order valence-corrected chi connectivity index (χ3v) is 6.84. The molecule has 5 rings (SSSR count). The number of aromatic nitrogens is 1. The van der Waals surface area contributed by atoms with Gasteiger partial charge in [-0.25, -0.2) is 4.79 Å². The van der Waals surface area contributed by atoms with Crippen molar-refractivity contribution in [1.82, 2.24) is 20.1 Å². The highest BCUT2D eigenvalue weighted by molar-refractivity contribution is 6.07. The van der Waals surface area contributed by atoms with Crippen molar-refractivity contribution in [3.63, 3.8) is 0 Å². The Balaban J connectivity index is 1.18. The number of fused-ring (bicyclic) bond motifs is 1. The second-order valence-electron chi connectivity index (χ2n) is 8.69. The van der Waals surface area contributed by atoms with Crippen molar-refractivity contribution < 1.29 is 14.4 Å². The number of hydrogen-bond donors (Lipinski definition) is 2. The molecular formula is C22H27N5O3. The van der Waals surface area contributed by atoms with Crippen LogP contribution in [0.2, 0.25) is 0 Å². The standard InChI is InChI=1S/C22H27N5O3/c1-25-9-7-15-14-17(4-5-18(15)25)26-10-12-27(13-11-26)19(28)6-8-22(16-2-3-16)20(29)23-21(30)24-22/h4-5,7,9,14,16H,2-3,6,8,10-13H2,1H3,(H2,23,24,29,30). The van der Waals surface area contributed by atoms with Crippen LogP contribution in [0.25, 0.3) is 10.9 Å². The molecule has 8 nitrogen and oxygen atoms in total. The maximum Gasteiger partial charge on any atom is 0.322 e. The average Bonchev–Trinajstić information content (AvgIpc) is 3.48. The molecule has 0 bridgehead atoms. The van der Waals surface area contributed by atoms with Crippen molar-refractivity contribution in [2.24, 2.45) is 13.0 Å². The molecule has 158 valence electrons. The Labute approximate surface area is 175 Å². The molecule has 1 saturated carbocycles. The number of aryl methyl sites for hydroxylation is 1. The van der Waals surface area contributed by atoms with Gasteiger partial charge in [-0.15, -0.1) is 0 Å². The number of benzene rings is 1. The monoisotopic (exact) mass is 409 g/mol. The number of urea groups is 1. The second kappa shape index (κ2) is 7.04. The number of rotatable bonds is 5. The van der Waals surface area contributed by atoms with Gasteiger partial charge in [0, 0.05) is 62.4 Å². The Kier molecular flexibility index (Phi) is 4.45. The van der Waals surface area contributed by atoms with Crippen LogP contribution in [0, 0.1) is 5.92 Å². The number of anilines is 1. The van der Waals surface area contributed by atoms with Crippen molar-refractivity contribution in [3.8, 4) is 0 Å². The number of piperazine rings is 1. The highest BCUT2D eigenvalue weighted by Gasteiger charge is 2.55. The molecule has 3 heterocycles. The van der Waals surface area contributed by atoms with Crippen LogP contribution in [0.15, 0.2) is 30.5 Å². The average molecular weight is 409 g/mol. The van der Waals surface area contributed by atoms with E-state index in [1.165, 1.54) is 16.6 Å². The number of nitrogens with zero attached hydrogens (tertiary/aromatic N) is 3. The molecular weight excluding hydrogens is 382 g/mol. The zero-order chi connectivity index (χ0) is 20.9. The summed E-state index contributed by atoms with van der Waals surface area (Å²) in [6, 6.07) is 8.16. The summed E-state index contributed by atoms with van der Waals surface area (Å²) in [4.78, 5) is 41.0. The predicted molar refractivity (Wildman–Crippen MR) is 113 cm³/mol. The second-order valence-corrected chi connectivity index (χ2v) is 8.69. The highest BCUT2D eigenvalue weighted by atomic mass is 16.2. The van der Waals surface area contributed by atoms with Gasteiger partial charge in [0.15, 0.2) is 0 Å². The molecule has 2 saturated heterocycles. The zero-order valence-corrected chi connectivity index (χ0v) is 17.2. The lowest BCUT2D eigenvalue weighted by Gasteiger charge is -2.36. The number of nitrogens with one attached hydrogen (secondary N) is 2. The van der Waals surface area contributed by atoms with E-state index in [1.54, 1.807) is 0 Å². The first kappa shape index (κ1) is 19.0. The minimum atomic E-state index is -0.889. The summed E-state index contributed by atoms with van der Waals surface area (Å²) < 4.78 is 2.11. The highest BCUT2D eigenvalue weighted by Crippen LogP contribution is 2.43.